The Morgan fingerprint density at radius 2 is 2.36 bits per heavy atom. The molecule has 5 heteroatoms. The first-order valence-electron chi connectivity index (χ1n) is 4.25. The van der Waals surface area contributed by atoms with Crippen LogP contribution in [0.3, 0.4) is 0 Å². The first kappa shape index (κ1) is 9.36. The van der Waals surface area contributed by atoms with E-state index in [0.29, 0.717) is 5.82 Å². The molecule has 0 saturated carbocycles. The van der Waals surface area contributed by atoms with Crippen LogP contribution < -0.4 is 0 Å². The molecule has 0 aliphatic rings. The molecule has 1 atom stereocenters. The van der Waals surface area contributed by atoms with Crippen molar-refractivity contribution in [1.29, 1.82) is 0 Å². The minimum atomic E-state index is -0.666. The Bertz CT molecular complexity index is 435. The Labute approximate surface area is 85.8 Å². The van der Waals surface area contributed by atoms with Crippen LogP contribution in [0.1, 0.15) is 22.4 Å². The third-order valence-corrected chi connectivity index (χ3v) is 3.11. The van der Waals surface area contributed by atoms with Crippen molar-refractivity contribution >= 4 is 11.3 Å². The zero-order valence-corrected chi connectivity index (χ0v) is 8.82. The van der Waals surface area contributed by atoms with Crippen molar-refractivity contribution in [1.82, 2.24) is 14.8 Å². The summed E-state index contributed by atoms with van der Waals surface area (Å²) in [6.07, 6.45) is 0.778. The molecule has 2 aromatic rings. The molecule has 74 valence electrons. The van der Waals surface area contributed by atoms with Gasteiger partial charge in [-0.1, -0.05) is 0 Å². The number of aliphatic hydroxyl groups is 1. The van der Waals surface area contributed by atoms with Crippen LogP contribution in [0.15, 0.2) is 17.8 Å². The van der Waals surface area contributed by atoms with Gasteiger partial charge in [0.15, 0.2) is 5.82 Å². The Morgan fingerprint density at radius 1 is 1.57 bits per heavy atom. The summed E-state index contributed by atoms with van der Waals surface area (Å²) in [7, 11) is 1.77. The average molecular weight is 209 g/mol. The normalized spacial score (nSPS) is 13.1. The lowest BCUT2D eigenvalue weighted by atomic mass is 10.2. The minimum Gasteiger partial charge on any atom is -0.379 e. The first-order chi connectivity index (χ1) is 6.68. The van der Waals surface area contributed by atoms with Gasteiger partial charge in [0.1, 0.15) is 12.4 Å². The van der Waals surface area contributed by atoms with Crippen molar-refractivity contribution in [3.8, 4) is 0 Å². The molecule has 0 saturated heterocycles. The first-order valence-corrected chi connectivity index (χ1v) is 5.13. The van der Waals surface area contributed by atoms with E-state index in [0.717, 1.165) is 10.4 Å². The summed E-state index contributed by atoms with van der Waals surface area (Å²) in [5.74, 6) is 0.576. The summed E-state index contributed by atoms with van der Waals surface area (Å²) in [4.78, 5) is 4.91. The fraction of sp³-hybridized carbons (Fsp3) is 0.333. The number of hydrogen-bond acceptors (Lipinski definition) is 4. The predicted octanol–water partition coefficient (Wildman–Crippen LogP) is 1.27. The van der Waals surface area contributed by atoms with Gasteiger partial charge >= 0.3 is 0 Å². The number of rotatable bonds is 2. The van der Waals surface area contributed by atoms with Crippen molar-refractivity contribution in [2.45, 2.75) is 13.0 Å². The highest BCUT2D eigenvalue weighted by Gasteiger charge is 2.16. The van der Waals surface area contributed by atoms with Gasteiger partial charge in [-0.2, -0.15) is 5.10 Å². The van der Waals surface area contributed by atoms with Crippen molar-refractivity contribution in [2.75, 3.05) is 0 Å². The Balaban J connectivity index is 2.33. The highest BCUT2D eigenvalue weighted by atomic mass is 32.1. The minimum absolute atomic E-state index is 0.576. The zero-order valence-electron chi connectivity index (χ0n) is 8.01. The van der Waals surface area contributed by atoms with Gasteiger partial charge in [-0.05, 0) is 23.9 Å². The molecule has 0 aromatic carbocycles. The van der Waals surface area contributed by atoms with Crippen LogP contribution in [0.2, 0.25) is 0 Å². The number of aromatic nitrogens is 3. The van der Waals surface area contributed by atoms with Crippen LogP contribution in [0, 0.1) is 6.92 Å². The lowest BCUT2D eigenvalue weighted by molar-refractivity contribution is 0.208. The van der Waals surface area contributed by atoms with Gasteiger partial charge in [-0.15, -0.1) is 11.3 Å². The maximum Gasteiger partial charge on any atom is 0.160 e. The number of aliphatic hydroxyl groups excluding tert-OH is 1. The van der Waals surface area contributed by atoms with Crippen LogP contribution in [-0.4, -0.2) is 19.9 Å². The largest absolute Gasteiger partial charge is 0.379 e. The molecule has 0 radical (unpaired) electrons. The van der Waals surface area contributed by atoms with Crippen LogP contribution in [-0.2, 0) is 7.05 Å². The van der Waals surface area contributed by atoms with E-state index in [1.165, 1.54) is 17.7 Å². The second-order valence-corrected chi connectivity index (χ2v) is 4.11. The SMILES string of the molecule is Cc1csc(C(O)c2ncnn2C)c1. The highest BCUT2D eigenvalue weighted by molar-refractivity contribution is 7.10. The van der Waals surface area contributed by atoms with Crippen LogP contribution in [0.25, 0.3) is 0 Å². The van der Waals surface area contributed by atoms with E-state index in [9.17, 15) is 5.11 Å². The lowest BCUT2D eigenvalue weighted by Crippen LogP contribution is -2.06. The molecular formula is C9H11N3OS. The fourth-order valence-corrected chi connectivity index (χ4v) is 2.16. The number of thiophene rings is 1. The molecule has 1 unspecified atom stereocenters. The van der Waals surface area contributed by atoms with Crippen molar-refractivity contribution in [2.24, 2.45) is 7.05 Å². The molecule has 1 N–H and O–H groups in total. The molecule has 0 spiro atoms. The van der Waals surface area contributed by atoms with E-state index in [1.54, 1.807) is 11.7 Å². The van der Waals surface area contributed by atoms with E-state index in [2.05, 4.69) is 10.1 Å². The molecule has 0 amide bonds. The smallest absolute Gasteiger partial charge is 0.160 e. The predicted molar refractivity (Wildman–Crippen MR) is 54.1 cm³/mol. The van der Waals surface area contributed by atoms with Crippen molar-refractivity contribution in [3.63, 3.8) is 0 Å². The molecular weight excluding hydrogens is 198 g/mol. The summed E-state index contributed by atoms with van der Waals surface area (Å²) in [5, 5.41) is 15.9. The molecule has 0 bridgehead atoms. The van der Waals surface area contributed by atoms with Gasteiger partial charge in [0.05, 0.1) is 0 Å². The molecule has 4 nitrogen and oxygen atoms in total. The highest BCUT2D eigenvalue weighted by Crippen LogP contribution is 2.25. The average Bonchev–Trinajstić information content (AvgIpc) is 2.73. The fourth-order valence-electron chi connectivity index (χ4n) is 1.28. The van der Waals surface area contributed by atoms with E-state index < -0.39 is 6.10 Å². The maximum absolute atomic E-state index is 9.96. The Hall–Kier alpha value is -1.20. The Morgan fingerprint density at radius 3 is 2.86 bits per heavy atom. The summed E-state index contributed by atoms with van der Waals surface area (Å²) < 4.78 is 1.58. The summed E-state index contributed by atoms with van der Waals surface area (Å²) >= 11 is 1.53. The van der Waals surface area contributed by atoms with E-state index in [4.69, 9.17) is 0 Å². The van der Waals surface area contributed by atoms with E-state index in [1.807, 2.05) is 18.4 Å². The third kappa shape index (κ3) is 1.56. The van der Waals surface area contributed by atoms with Crippen LogP contribution in [0.5, 0.6) is 0 Å². The summed E-state index contributed by atoms with van der Waals surface area (Å²) in [6, 6.07) is 1.96. The number of aryl methyl sites for hydroxylation is 2. The number of nitrogens with zero attached hydrogens (tertiary/aromatic N) is 3. The van der Waals surface area contributed by atoms with Gasteiger partial charge in [0.25, 0.3) is 0 Å². The standard InChI is InChI=1S/C9H11N3OS/c1-6-3-7(14-4-6)8(13)9-10-5-11-12(9)2/h3-5,8,13H,1-2H3. The molecule has 2 heterocycles. The molecule has 2 aromatic heterocycles. The van der Waals surface area contributed by atoms with Gasteiger partial charge < -0.3 is 5.11 Å². The lowest BCUT2D eigenvalue weighted by Gasteiger charge is -2.06. The molecule has 14 heavy (non-hydrogen) atoms. The van der Waals surface area contributed by atoms with Crippen LogP contribution in [0.4, 0.5) is 0 Å². The molecule has 0 fully saturated rings. The van der Waals surface area contributed by atoms with Gasteiger partial charge in [-0.3, -0.25) is 4.68 Å². The molecule has 2 rings (SSSR count). The second kappa shape index (κ2) is 3.51. The molecule has 0 aliphatic carbocycles. The zero-order chi connectivity index (χ0) is 10.1. The summed E-state index contributed by atoms with van der Waals surface area (Å²) in [5.41, 5.74) is 1.16. The summed E-state index contributed by atoms with van der Waals surface area (Å²) in [6.45, 7) is 2.00. The third-order valence-electron chi connectivity index (χ3n) is 2.01. The van der Waals surface area contributed by atoms with Gasteiger partial charge in [0.2, 0.25) is 0 Å². The maximum atomic E-state index is 9.96. The van der Waals surface area contributed by atoms with E-state index in [-0.39, 0.29) is 0 Å². The number of hydrogen-bond donors (Lipinski definition) is 1. The second-order valence-electron chi connectivity index (χ2n) is 3.17. The Kier molecular flexibility index (Phi) is 2.35. The van der Waals surface area contributed by atoms with Crippen LogP contribution >= 0.6 is 11.3 Å². The van der Waals surface area contributed by atoms with Gasteiger partial charge in [-0.25, -0.2) is 4.98 Å². The van der Waals surface area contributed by atoms with E-state index >= 15 is 0 Å². The van der Waals surface area contributed by atoms with Crippen molar-refractivity contribution in [3.05, 3.63) is 34.0 Å². The van der Waals surface area contributed by atoms with Crippen molar-refractivity contribution < 1.29 is 5.11 Å². The molecule has 0 aliphatic heterocycles. The van der Waals surface area contributed by atoms with Gasteiger partial charge in [0, 0.05) is 11.9 Å². The topological polar surface area (TPSA) is 50.9 Å². The quantitative estimate of drug-likeness (QED) is 0.810. The monoisotopic (exact) mass is 209 g/mol.